The molecule has 17 heavy (non-hydrogen) atoms. The monoisotopic (exact) mass is 235 g/mol. The highest BCUT2D eigenvalue weighted by molar-refractivity contribution is 5.97. The number of hydrogen-bond donors (Lipinski definition) is 2. The summed E-state index contributed by atoms with van der Waals surface area (Å²) in [6, 6.07) is 3.81. The number of nitrogens with zero attached hydrogens (tertiary/aromatic N) is 1. The third kappa shape index (κ3) is 3.27. The van der Waals surface area contributed by atoms with Crippen molar-refractivity contribution in [3.05, 3.63) is 23.4 Å². The molecule has 1 rings (SSSR count). The molecule has 1 heterocycles. The maximum atomic E-state index is 12.0. The van der Waals surface area contributed by atoms with E-state index in [1.165, 1.54) is 0 Å². The first-order valence-corrected chi connectivity index (χ1v) is 5.97. The molecule has 0 aliphatic heterocycles. The molecule has 0 bridgehead atoms. The molecule has 4 nitrogen and oxygen atoms in total. The Labute approximate surface area is 103 Å². The molecule has 1 aromatic heterocycles. The predicted octanol–water partition coefficient (Wildman–Crippen LogP) is 2.15. The van der Waals surface area contributed by atoms with Crippen molar-refractivity contribution in [2.45, 2.75) is 46.1 Å². The molecule has 94 valence electrons. The summed E-state index contributed by atoms with van der Waals surface area (Å²) < 4.78 is 0. The molecule has 0 saturated carbocycles. The molecular weight excluding hydrogens is 214 g/mol. The third-order valence-electron chi connectivity index (χ3n) is 3.05. The Bertz CT molecular complexity index is 391. The molecule has 0 aromatic carbocycles. The van der Waals surface area contributed by atoms with Crippen LogP contribution in [0.3, 0.4) is 0 Å². The van der Waals surface area contributed by atoms with Gasteiger partial charge in [0, 0.05) is 5.69 Å². The second-order valence-corrected chi connectivity index (χ2v) is 4.49. The molecule has 1 amide bonds. The summed E-state index contributed by atoms with van der Waals surface area (Å²) in [4.78, 5) is 16.3. The van der Waals surface area contributed by atoms with E-state index < -0.39 is 5.54 Å². The van der Waals surface area contributed by atoms with Gasteiger partial charge >= 0.3 is 0 Å². The number of rotatable bonds is 4. The summed E-state index contributed by atoms with van der Waals surface area (Å²) >= 11 is 0. The van der Waals surface area contributed by atoms with Crippen LogP contribution in [0.4, 0.5) is 5.82 Å². The van der Waals surface area contributed by atoms with Crippen LogP contribution in [0.25, 0.3) is 0 Å². The van der Waals surface area contributed by atoms with E-state index >= 15 is 0 Å². The average molecular weight is 235 g/mol. The van der Waals surface area contributed by atoms with Gasteiger partial charge in [-0.15, -0.1) is 0 Å². The first-order chi connectivity index (χ1) is 7.91. The number of amides is 1. The molecule has 0 aliphatic rings. The fourth-order valence-corrected chi connectivity index (χ4v) is 1.72. The SMILES string of the molecule is CCC(N)(CC)C(=O)Nc1cc(C)cc(C)n1. The molecule has 0 radical (unpaired) electrons. The Hall–Kier alpha value is -1.42. The third-order valence-corrected chi connectivity index (χ3v) is 3.05. The molecule has 0 fully saturated rings. The number of hydrogen-bond acceptors (Lipinski definition) is 3. The van der Waals surface area contributed by atoms with Crippen LogP contribution < -0.4 is 11.1 Å². The zero-order valence-corrected chi connectivity index (χ0v) is 11.0. The molecule has 1 aromatic rings. The molecule has 3 N–H and O–H groups in total. The summed E-state index contributed by atoms with van der Waals surface area (Å²) in [6.07, 6.45) is 1.22. The topological polar surface area (TPSA) is 68.0 Å². The first kappa shape index (κ1) is 13.6. The Morgan fingerprint density at radius 2 is 1.94 bits per heavy atom. The number of carbonyl (C=O) groups is 1. The van der Waals surface area contributed by atoms with Gasteiger partial charge in [-0.1, -0.05) is 13.8 Å². The van der Waals surface area contributed by atoms with Crippen LogP contribution in [0, 0.1) is 13.8 Å². The number of aryl methyl sites for hydroxylation is 2. The van der Waals surface area contributed by atoms with Gasteiger partial charge in [0.1, 0.15) is 5.82 Å². The lowest BCUT2D eigenvalue weighted by Crippen LogP contribution is -2.50. The average Bonchev–Trinajstić information content (AvgIpc) is 2.26. The lowest BCUT2D eigenvalue weighted by Gasteiger charge is -2.25. The second-order valence-electron chi connectivity index (χ2n) is 4.49. The van der Waals surface area contributed by atoms with Crippen molar-refractivity contribution in [3.63, 3.8) is 0 Å². The zero-order valence-electron chi connectivity index (χ0n) is 11.0. The Balaban J connectivity index is 2.87. The van der Waals surface area contributed by atoms with Gasteiger partial charge in [0.05, 0.1) is 5.54 Å². The molecule has 0 atom stereocenters. The molecule has 0 saturated heterocycles. The van der Waals surface area contributed by atoms with Crippen LogP contribution in [-0.2, 0) is 4.79 Å². The minimum Gasteiger partial charge on any atom is -0.317 e. The van der Waals surface area contributed by atoms with Crippen molar-refractivity contribution < 1.29 is 4.79 Å². The van der Waals surface area contributed by atoms with E-state index in [9.17, 15) is 4.79 Å². The number of carbonyl (C=O) groups excluding carboxylic acids is 1. The Kier molecular flexibility index (Phi) is 4.23. The summed E-state index contributed by atoms with van der Waals surface area (Å²) in [6.45, 7) is 7.70. The maximum absolute atomic E-state index is 12.0. The number of pyridine rings is 1. The highest BCUT2D eigenvalue weighted by Gasteiger charge is 2.30. The molecule has 0 aliphatic carbocycles. The Morgan fingerprint density at radius 1 is 1.35 bits per heavy atom. The number of nitrogens with one attached hydrogen (secondary N) is 1. The molecular formula is C13H21N3O. The zero-order chi connectivity index (χ0) is 13.1. The Morgan fingerprint density at radius 3 is 2.41 bits per heavy atom. The lowest BCUT2D eigenvalue weighted by molar-refractivity contribution is -0.121. The summed E-state index contributed by atoms with van der Waals surface area (Å²) in [7, 11) is 0. The van der Waals surface area contributed by atoms with Gasteiger partial charge in [-0.05, 0) is 44.4 Å². The van der Waals surface area contributed by atoms with Crippen LogP contribution >= 0.6 is 0 Å². The van der Waals surface area contributed by atoms with Crippen molar-refractivity contribution >= 4 is 11.7 Å². The van der Waals surface area contributed by atoms with Gasteiger partial charge in [0.25, 0.3) is 0 Å². The fourth-order valence-electron chi connectivity index (χ4n) is 1.72. The van der Waals surface area contributed by atoms with Crippen molar-refractivity contribution in [3.8, 4) is 0 Å². The lowest BCUT2D eigenvalue weighted by atomic mass is 9.93. The highest BCUT2D eigenvalue weighted by Crippen LogP contribution is 2.15. The number of aromatic nitrogens is 1. The fraction of sp³-hybridized carbons (Fsp3) is 0.538. The van der Waals surface area contributed by atoms with E-state index in [-0.39, 0.29) is 5.91 Å². The molecule has 4 heteroatoms. The van der Waals surface area contributed by atoms with E-state index in [0.717, 1.165) is 11.3 Å². The van der Waals surface area contributed by atoms with Crippen molar-refractivity contribution in [2.75, 3.05) is 5.32 Å². The minimum absolute atomic E-state index is 0.167. The molecule has 0 unspecified atom stereocenters. The van der Waals surface area contributed by atoms with E-state index in [1.54, 1.807) is 0 Å². The van der Waals surface area contributed by atoms with E-state index in [4.69, 9.17) is 5.73 Å². The quantitative estimate of drug-likeness (QED) is 0.840. The first-order valence-electron chi connectivity index (χ1n) is 5.97. The van der Waals surface area contributed by atoms with Crippen molar-refractivity contribution in [1.29, 1.82) is 0 Å². The van der Waals surface area contributed by atoms with Gasteiger partial charge in [-0.25, -0.2) is 4.98 Å². The van der Waals surface area contributed by atoms with Crippen LogP contribution in [0.15, 0.2) is 12.1 Å². The smallest absolute Gasteiger partial charge is 0.245 e. The summed E-state index contributed by atoms with van der Waals surface area (Å²) in [5.41, 5.74) is 7.18. The van der Waals surface area contributed by atoms with Gasteiger partial charge in [0.15, 0.2) is 0 Å². The van der Waals surface area contributed by atoms with Gasteiger partial charge in [-0.2, -0.15) is 0 Å². The number of nitrogens with two attached hydrogens (primary N) is 1. The van der Waals surface area contributed by atoms with Crippen molar-refractivity contribution in [2.24, 2.45) is 5.73 Å². The molecule has 0 spiro atoms. The maximum Gasteiger partial charge on any atom is 0.245 e. The highest BCUT2D eigenvalue weighted by atomic mass is 16.2. The van der Waals surface area contributed by atoms with Crippen LogP contribution in [-0.4, -0.2) is 16.4 Å². The summed E-state index contributed by atoms with van der Waals surface area (Å²) in [5, 5.41) is 2.79. The van der Waals surface area contributed by atoms with Crippen LogP contribution in [0.5, 0.6) is 0 Å². The largest absolute Gasteiger partial charge is 0.317 e. The standard InChI is InChI=1S/C13H21N3O/c1-5-13(14,6-2)12(17)16-11-8-9(3)7-10(4)15-11/h7-8H,5-6,14H2,1-4H3,(H,15,16,17). The van der Waals surface area contributed by atoms with Gasteiger partial charge in [0.2, 0.25) is 5.91 Å². The van der Waals surface area contributed by atoms with Gasteiger partial charge in [-0.3, -0.25) is 4.79 Å². The van der Waals surface area contributed by atoms with E-state index in [1.807, 2.05) is 39.8 Å². The predicted molar refractivity (Wildman–Crippen MR) is 69.8 cm³/mol. The number of anilines is 1. The van der Waals surface area contributed by atoms with E-state index in [0.29, 0.717) is 18.7 Å². The van der Waals surface area contributed by atoms with E-state index in [2.05, 4.69) is 10.3 Å². The second kappa shape index (κ2) is 5.27. The van der Waals surface area contributed by atoms with Crippen molar-refractivity contribution in [1.82, 2.24) is 4.98 Å². The summed E-state index contributed by atoms with van der Waals surface area (Å²) in [5.74, 6) is 0.407. The normalized spacial score (nSPS) is 11.4. The van der Waals surface area contributed by atoms with Crippen LogP contribution in [0.1, 0.15) is 37.9 Å². The van der Waals surface area contributed by atoms with Crippen LogP contribution in [0.2, 0.25) is 0 Å². The van der Waals surface area contributed by atoms with Gasteiger partial charge < -0.3 is 11.1 Å². The minimum atomic E-state index is -0.806.